The molecule has 13 heteroatoms. The van der Waals surface area contributed by atoms with Crippen molar-refractivity contribution in [1.29, 1.82) is 0 Å². The third kappa shape index (κ3) is 4.60. The molecule has 31 heavy (non-hydrogen) atoms. The van der Waals surface area contributed by atoms with Gasteiger partial charge in [0.25, 0.3) is 10.0 Å². The molecular weight excluding hydrogens is 472 g/mol. The predicted molar refractivity (Wildman–Crippen MR) is 110 cm³/mol. The van der Waals surface area contributed by atoms with Gasteiger partial charge in [0.05, 0.1) is 12.4 Å². The minimum atomic E-state index is -4.43. The summed E-state index contributed by atoms with van der Waals surface area (Å²) in [6.07, 6.45) is 4.02. The second kappa shape index (κ2) is 8.49. The van der Waals surface area contributed by atoms with Gasteiger partial charge in [-0.25, -0.2) is 22.2 Å². The molecule has 0 aliphatic rings. The lowest BCUT2D eigenvalue weighted by molar-refractivity contribution is 0.433. The molecule has 158 valence electrons. The molecule has 0 radical (unpaired) electrons. The van der Waals surface area contributed by atoms with Crippen LogP contribution in [0.3, 0.4) is 0 Å². The molecule has 0 spiro atoms. The molecule has 0 amide bonds. The summed E-state index contributed by atoms with van der Waals surface area (Å²) >= 11 is 6.79. The van der Waals surface area contributed by atoms with E-state index in [0.717, 1.165) is 17.9 Å². The highest BCUT2D eigenvalue weighted by Gasteiger charge is 2.24. The van der Waals surface area contributed by atoms with Gasteiger partial charge >= 0.3 is 0 Å². The normalized spacial score (nSPS) is 11.3. The summed E-state index contributed by atoms with van der Waals surface area (Å²) < 4.78 is 65.2. The first-order valence-electron chi connectivity index (χ1n) is 8.36. The summed E-state index contributed by atoms with van der Waals surface area (Å²) in [5.74, 6) is -2.67. The Balaban J connectivity index is 1.69. The van der Waals surface area contributed by atoms with Gasteiger partial charge in [0.1, 0.15) is 22.8 Å². The fraction of sp³-hybridized carbons (Fsp3) is 0. The number of hydrogen-bond acceptors (Lipinski definition) is 8. The Morgan fingerprint density at radius 1 is 1.03 bits per heavy atom. The van der Waals surface area contributed by atoms with Crippen LogP contribution in [0.25, 0.3) is 11.1 Å². The van der Waals surface area contributed by atoms with E-state index >= 15 is 0 Å². The van der Waals surface area contributed by atoms with Crippen molar-refractivity contribution in [1.82, 2.24) is 19.6 Å². The minimum Gasteiger partial charge on any atom is -0.454 e. The van der Waals surface area contributed by atoms with E-state index in [1.54, 1.807) is 12.1 Å². The lowest BCUT2D eigenvalue weighted by Crippen LogP contribution is -2.15. The molecule has 2 heterocycles. The number of anilines is 1. The van der Waals surface area contributed by atoms with Gasteiger partial charge in [-0.2, -0.15) is 14.6 Å². The Morgan fingerprint density at radius 3 is 2.58 bits per heavy atom. The molecule has 0 aliphatic heterocycles. The van der Waals surface area contributed by atoms with Crippen LogP contribution in [0, 0.1) is 11.6 Å². The zero-order chi connectivity index (χ0) is 22.0. The quantitative estimate of drug-likeness (QED) is 0.431. The van der Waals surface area contributed by atoms with Crippen molar-refractivity contribution in [3.05, 3.63) is 71.8 Å². The summed E-state index contributed by atoms with van der Waals surface area (Å²) in [7, 11) is -4.43. The fourth-order valence-electron chi connectivity index (χ4n) is 2.57. The maximum atomic E-state index is 14.7. The number of rotatable bonds is 6. The first-order valence-corrected chi connectivity index (χ1v) is 11.0. The van der Waals surface area contributed by atoms with Crippen LogP contribution < -0.4 is 9.46 Å². The van der Waals surface area contributed by atoms with E-state index in [4.69, 9.17) is 16.3 Å². The summed E-state index contributed by atoms with van der Waals surface area (Å²) in [6.45, 7) is 0. The largest absolute Gasteiger partial charge is 0.454 e. The molecule has 0 atom stereocenters. The van der Waals surface area contributed by atoms with Crippen LogP contribution in [-0.2, 0) is 10.0 Å². The number of nitrogens with zero attached hydrogens (tertiary/aromatic N) is 4. The van der Waals surface area contributed by atoms with Crippen LogP contribution in [-0.4, -0.2) is 28.0 Å². The van der Waals surface area contributed by atoms with Crippen molar-refractivity contribution in [3.63, 3.8) is 0 Å². The number of aromatic nitrogens is 4. The van der Waals surface area contributed by atoms with Crippen molar-refractivity contribution in [2.45, 2.75) is 4.90 Å². The first kappa shape index (κ1) is 21.0. The number of hydrogen-bond donors (Lipinski definition) is 1. The number of halogens is 3. The van der Waals surface area contributed by atoms with E-state index < -0.39 is 32.3 Å². The van der Waals surface area contributed by atoms with Gasteiger partial charge in [0.15, 0.2) is 11.6 Å². The number of ether oxygens (including phenoxy) is 1. The molecule has 8 nitrogen and oxygen atoms in total. The highest BCUT2D eigenvalue weighted by atomic mass is 35.5. The topological polar surface area (TPSA) is 107 Å². The fourth-order valence-corrected chi connectivity index (χ4v) is 4.47. The average Bonchev–Trinajstić information content (AvgIpc) is 3.24. The molecule has 0 aliphatic carbocycles. The first-order chi connectivity index (χ1) is 14.8. The highest BCUT2D eigenvalue weighted by molar-refractivity contribution is 7.93. The van der Waals surface area contributed by atoms with Gasteiger partial charge in [-0.15, -0.1) is 0 Å². The lowest BCUT2D eigenvalue weighted by Gasteiger charge is -2.13. The van der Waals surface area contributed by atoms with E-state index in [0.29, 0.717) is 28.3 Å². The van der Waals surface area contributed by atoms with Crippen LogP contribution in [0.5, 0.6) is 11.5 Å². The van der Waals surface area contributed by atoms with Crippen LogP contribution in [0.2, 0.25) is 5.02 Å². The van der Waals surface area contributed by atoms with E-state index in [-0.39, 0.29) is 10.9 Å². The molecule has 0 fully saturated rings. The molecule has 1 N–H and O–H groups in total. The SMILES string of the molecule is O=S(=O)(Nc1ncns1)c1cc(F)c(Oc2ccc(Cl)cc2-c2ccnnc2)cc1F. The Morgan fingerprint density at radius 2 is 1.87 bits per heavy atom. The standard InChI is InChI=1S/C18H10ClF2N5O3S2/c19-11-1-2-15(12(5-11)10-3-4-23-24-8-10)29-16-6-14(21)17(7-13(16)20)31(27,28)26-18-22-9-25-30-18/h1-9H,(H,22,25,26). The van der Waals surface area contributed by atoms with Crippen molar-refractivity contribution in [2.75, 3.05) is 4.72 Å². The third-order valence-corrected chi connectivity index (χ3v) is 6.21. The molecule has 0 saturated heterocycles. The molecular formula is C18H10ClF2N5O3S2. The molecule has 4 aromatic rings. The van der Waals surface area contributed by atoms with Crippen molar-refractivity contribution < 1.29 is 21.9 Å². The van der Waals surface area contributed by atoms with Gasteiger partial charge in [-0.1, -0.05) is 11.6 Å². The van der Waals surface area contributed by atoms with Crippen molar-refractivity contribution in [2.24, 2.45) is 0 Å². The van der Waals surface area contributed by atoms with E-state index in [1.807, 2.05) is 4.72 Å². The van der Waals surface area contributed by atoms with Crippen LogP contribution >= 0.6 is 23.1 Å². The smallest absolute Gasteiger partial charge is 0.266 e. The minimum absolute atomic E-state index is 0.0862. The zero-order valence-electron chi connectivity index (χ0n) is 15.2. The van der Waals surface area contributed by atoms with Gasteiger partial charge in [0, 0.05) is 39.8 Å². The maximum Gasteiger partial charge on any atom is 0.266 e. The molecule has 2 aromatic heterocycles. The van der Waals surface area contributed by atoms with Gasteiger partial charge in [-0.3, -0.25) is 4.72 Å². The van der Waals surface area contributed by atoms with Gasteiger partial charge in [0.2, 0.25) is 5.13 Å². The Hall–Kier alpha value is -3.22. The van der Waals surface area contributed by atoms with E-state index in [1.165, 1.54) is 24.5 Å². The highest BCUT2D eigenvalue weighted by Crippen LogP contribution is 2.37. The maximum absolute atomic E-state index is 14.7. The zero-order valence-corrected chi connectivity index (χ0v) is 17.5. The monoisotopic (exact) mass is 481 g/mol. The summed E-state index contributed by atoms with van der Waals surface area (Å²) in [6, 6.07) is 7.35. The molecule has 0 unspecified atom stereocenters. The van der Waals surface area contributed by atoms with Crippen molar-refractivity contribution >= 4 is 38.3 Å². The van der Waals surface area contributed by atoms with Gasteiger partial charge in [-0.05, 0) is 24.3 Å². The number of benzene rings is 2. The second-order valence-corrected chi connectivity index (χ2v) is 8.81. The average molecular weight is 482 g/mol. The van der Waals surface area contributed by atoms with Crippen LogP contribution in [0.15, 0.2) is 60.0 Å². The predicted octanol–water partition coefficient (Wildman–Crippen LogP) is 4.52. The second-order valence-electron chi connectivity index (χ2n) is 5.94. The molecule has 4 rings (SSSR count). The summed E-state index contributed by atoms with van der Waals surface area (Å²) in [5, 5.41) is 7.76. The summed E-state index contributed by atoms with van der Waals surface area (Å²) in [4.78, 5) is 2.75. The van der Waals surface area contributed by atoms with Gasteiger partial charge < -0.3 is 4.74 Å². The Bertz CT molecular complexity index is 1340. The van der Waals surface area contributed by atoms with E-state index in [2.05, 4.69) is 19.6 Å². The lowest BCUT2D eigenvalue weighted by atomic mass is 10.1. The Kier molecular flexibility index (Phi) is 5.76. The van der Waals surface area contributed by atoms with E-state index in [9.17, 15) is 17.2 Å². The summed E-state index contributed by atoms with van der Waals surface area (Å²) in [5.41, 5.74) is 1.03. The molecule has 0 saturated carbocycles. The third-order valence-electron chi connectivity index (χ3n) is 3.92. The van der Waals surface area contributed by atoms with Crippen molar-refractivity contribution in [3.8, 4) is 22.6 Å². The number of nitrogens with one attached hydrogen (secondary N) is 1. The van der Waals surface area contributed by atoms with Crippen LogP contribution in [0.4, 0.5) is 13.9 Å². The van der Waals surface area contributed by atoms with Crippen LogP contribution in [0.1, 0.15) is 0 Å². The molecule has 0 bridgehead atoms. The number of sulfonamides is 1. The Labute approximate surface area is 183 Å². The molecule has 2 aromatic carbocycles.